The van der Waals surface area contributed by atoms with Crippen molar-refractivity contribution in [3.63, 3.8) is 0 Å². The van der Waals surface area contributed by atoms with Gasteiger partial charge in [0.1, 0.15) is 11.9 Å². The first-order valence-electron chi connectivity index (χ1n) is 10.0. The van der Waals surface area contributed by atoms with E-state index in [0.717, 1.165) is 5.56 Å². The molecule has 1 N–H and O–H groups in total. The smallest absolute Gasteiger partial charge is 0.252 e. The van der Waals surface area contributed by atoms with E-state index >= 15 is 0 Å². The highest BCUT2D eigenvalue weighted by atomic mass is 32.2. The van der Waals surface area contributed by atoms with Crippen molar-refractivity contribution < 1.29 is 14.0 Å². The minimum atomic E-state index is -0.470. The van der Waals surface area contributed by atoms with Crippen LogP contribution in [0.3, 0.4) is 0 Å². The van der Waals surface area contributed by atoms with Crippen LogP contribution in [0.25, 0.3) is 10.9 Å². The number of thioether (sulfide) groups is 1. The molecule has 9 heteroatoms. The fourth-order valence-electron chi connectivity index (χ4n) is 3.65. The van der Waals surface area contributed by atoms with Crippen LogP contribution < -0.4 is 5.32 Å². The van der Waals surface area contributed by atoms with Crippen LogP contribution in [0.2, 0.25) is 0 Å². The molecule has 0 saturated carbocycles. The van der Waals surface area contributed by atoms with Crippen molar-refractivity contribution in [1.29, 1.82) is 5.26 Å². The average Bonchev–Trinajstić information content (AvgIpc) is 3.30. The van der Waals surface area contributed by atoms with Crippen LogP contribution in [0, 0.1) is 17.1 Å². The third-order valence-electron chi connectivity index (χ3n) is 5.46. The van der Waals surface area contributed by atoms with Crippen LogP contribution in [-0.4, -0.2) is 50.9 Å². The lowest BCUT2D eigenvalue weighted by atomic mass is 9.94. The second-order valence-electron chi connectivity index (χ2n) is 7.42. The number of nitriles is 1. The number of hydrogen-bond donors (Lipinski definition) is 1. The predicted molar refractivity (Wildman–Crippen MR) is 119 cm³/mol. The second-order valence-corrected chi connectivity index (χ2v) is 8.42. The Balaban J connectivity index is 1.57. The third kappa shape index (κ3) is 4.27. The van der Waals surface area contributed by atoms with E-state index in [4.69, 9.17) is 5.26 Å². The van der Waals surface area contributed by atoms with E-state index < -0.39 is 17.8 Å². The molecule has 2 aromatic heterocycles. The van der Waals surface area contributed by atoms with Gasteiger partial charge in [0.05, 0.1) is 35.3 Å². The molecule has 3 aromatic rings. The van der Waals surface area contributed by atoms with E-state index in [0.29, 0.717) is 33.8 Å². The maximum Gasteiger partial charge on any atom is 0.252 e. The van der Waals surface area contributed by atoms with Crippen molar-refractivity contribution >= 4 is 34.5 Å². The minimum Gasteiger partial charge on any atom is -0.343 e. The maximum atomic E-state index is 14.2. The Morgan fingerprint density at radius 1 is 1.31 bits per heavy atom. The molecule has 4 rings (SSSR count). The van der Waals surface area contributed by atoms with E-state index in [9.17, 15) is 14.0 Å². The van der Waals surface area contributed by atoms with Crippen molar-refractivity contribution in [3.8, 4) is 6.07 Å². The molecule has 1 aliphatic heterocycles. The number of fused-ring (bicyclic) bond motifs is 1. The first-order valence-corrected chi connectivity index (χ1v) is 11.2. The Hall–Kier alpha value is -3.51. The maximum absolute atomic E-state index is 14.2. The predicted octanol–water partition coefficient (Wildman–Crippen LogP) is 3.08. The molecule has 1 aromatic carbocycles. The lowest BCUT2D eigenvalue weighted by Crippen LogP contribution is -2.42. The Morgan fingerprint density at radius 3 is 2.94 bits per heavy atom. The molecule has 7 nitrogen and oxygen atoms in total. The summed E-state index contributed by atoms with van der Waals surface area (Å²) in [7, 11) is 0. The van der Waals surface area contributed by atoms with Crippen molar-refractivity contribution in [2.75, 3.05) is 18.2 Å². The van der Waals surface area contributed by atoms with Gasteiger partial charge >= 0.3 is 0 Å². The number of carbonyl (C=O) groups excluding carboxylic acids is 2. The fraction of sp³-hybridized carbons (Fsp3) is 0.261. The first-order chi connectivity index (χ1) is 15.5. The molecule has 3 heterocycles. The summed E-state index contributed by atoms with van der Waals surface area (Å²) in [6, 6.07) is 11.6. The van der Waals surface area contributed by atoms with Crippen molar-refractivity contribution in [1.82, 2.24) is 20.2 Å². The zero-order valence-electron chi connectivity index (χ0n) is 17.3. The summed E-state index contributed by atoms with van der Waals surface area (Å²) < 4.78 is 14.2. The van der Waals surface area contributed by atoms with Gasteiger partial charge in [-0.3, -0.25) is 19.6 Å². The molecule has 0 bridgehead atoms. The van der Waals surface area contributed by atoms with Gasteiger partial charge in [0.2, 0.25) is 5.91 Å². The van der Waals surface area contributed by atoms with Crippen molar-refractivity contribution in [3.05, 3.63) is 71.4 Å². The summed E-state index contributed by atoms with van der Waals surface area (Å²) in [5, 5.41) is 12.4. The number of amides is 2. The van der Waals surface area contributed by atoms with Gasteiger partial charge in [-0.2, -0.15) is 5.26 Å². The summed E-state index contributed by atoms with van der Waals surface area (Å²) in [5.74, 6) is -0.417. The number of benzene rings is 1. The molecule has 162 valence electrons. The van der Waals surface area contributed by atoms with E-state index in [2.05, 4.69) is 21.4 Å². The normalized spacial score (nSPS) is 16.5. The quantitative estimate of drug-likeness (QED) is 0.643. The summed E-state index contributed by atoms with van der Waals surface area (Å²) >= 11 is 1.51. The van der Waals surface area contributed by atoms with Gasteiger partial charge in [-0.25, -0.2) is 4.39 Å². The average molecular weight is 450 g/mol. The molecule has 0 aliphatic carbocycles. The number of nitrogens with one attached hydrogen (secondary N) is 1. The highest BCUT2D eigenvalue weighted by molar-refractivity contribution is 7.99. The lowest BCUT2D eigenvalue weighted by molar-refractivity contribution is -0.129. The number of aromatic nitrogens is 2. The van der Waals surface area contributed by atoms with Crippen LogP contribution in [-0.2, 0) is 4.79 Å². The van der Waals surface area contributed by atoms with Gasteiger partial charge in [-0.05, 0) is 35.9 Å². The fourth-order valence-corrected chi connectivity index (χ4v) is 4.76. The van der Waals surface area contributed by atoms with Crippen LogP contribution in [0.5, 0.6) is 0 Å². The molecular weight excluding hydrogens is 429 g/mol. The molecule has 1 fully saturated rings. The van der Waals surface area contributed by atoms with E-state index in [1.807, 2.05) is 13.0 Å². The number of carbonyl (C=O) groups is 2. The largest absolute Gasteiger partial charge is 0.343 e. The highest BCUT2D eigenvalue weighted by Gasteiger charge is 2.29. The zero-order valence-corrected chi connectivity index (χ0v) is 18.1. The van der Waals surface area contributed by atoms with Crippen LogP contribution in [0.4, 0.5) is 4.39 Å². The summed E-state index contributed by atoms with van der Waals surface area (Å²) in [6.07, 6.45) is 3.08. The van der Waals surface area contributed by atoms with Gasteiger partial charge in [0.25, 0.3) is 5.91 Å². The summed E-state index contributed by atoms with van der Waals surface area (Å²) in [6.45, 7) is 1.65. The van der Waals surface area contributed by atoms with Gasteiger partial charge in [-0.15, -0.1) is 11.8 Å². The lowest BCUT2D eigenvalue weighted by Gasteiger charge is -2.19. The van der Waals surface area contributed by atoms with Gasteiger partial charge in [-0.1, -0.05) is 13.0 Å². The van der Waals surface area contributed by atoms with Crippen molar-refractivity contribution in [2.24, 2.45) is 0 Å². The number of hydrogen-bond acceptors (Lipinski definition) is 6. The first kappa shape index (κ1) is 21.7. The van der Waals surface area contributed by atoms with Gasteiger partial charge in [0.15, 0.2) is 0 Å². The molecule has 2 amide bonds. The zero-order chi connectivity index (χ0) is 22.7. The Morgan fingerprint density at radius 2 is 2.16 bits per heavy atom. The highest BCUT2D eigenvalue weighted by Crippen LogP contribution is 2.28. The molecule has 1 aliphatic rings. The summed E-state index contributed by atoms with van der Waals surface area (Å²) in [5.41, 5.74) is 2.09. The van der Waals surface area contributed by atoms with E-state index in [1.165, 1.54) is 28.9 Å². The number of rotatable bonds is 5. The van der Waals surface area contributed by atoms with Crippen LogP contribution in [0.1, 0.15) is 34.5 Å². The third-order valence-corrected chi connectivity index (χ3v) is 6.47. The molecule has 1 unspecified atom stereocenters. The molecule has 1 saturated heterocycles. The number of pyridine rings is 2. The van der Waals surface area contributed by atoms with E-state index in [-0.39, 0.29) is 18.4 Å². The molecule has 0 spiro atoms. The minimum absolute atomic E-state index is 0.198. The second kappa shape index (κ2) is 9.32. The van der Waals surface area contributed by atoms with Gasteiger partial charge in [0, 0.05) is 29.5 Å². The summed E-state index contributed by atoms with van der Waals surface area (Å²) in [4.78, 5) is 35.3. The Kier molecular flexibility index (Phi) is 6.32. The molecule has 32 heavy (non-hydrogen) atoms. The standard InChI is InChI=1S/C23H20FN5O2S/c1-14(22-19(24)3-2-7-27-22)15-4-5-20-18(9-15)17(6-8-26-20)23(31)28-11-21(30)29-13-32-12-16(29)10-25/h2-9,14,16H,11-13H2,1H3,(H,28,31)/t14?,16-/m1/s1. The van der Waals surface area contributed by atoms with Crippen LogP contribution in [0.15, 0.2) is 48.8 Å². The SMILES string of the molecule is CC(c1ccc2nccc(C(=O)NCC(=O)N3CSC[C@H]3C#N)c2c1)c1ncccc1F. The van der Waals surface area contributed by atoms with Gasteiger partial charge < -0.3 is 10.2 Å². The molecule has 2 atom stereocenters. The molecule has 0 radical (unpaired) electrons. The van der Waals surface area contributed by atoms with Crippen molar-refractivity contribution in [2.45, 2.75) is 18.9 Å². The monoisotopic (exact) mass is 449 g/mol. The number of nitrogens with zero attached hydrogens (tertiary/aromatic N) is 4. The topological polar surface area (TPSA) is 99.0 Å². The van der Waals surface area contributed by atoms with Crippen LogP contribution >= 0.6 is 11.8 Å². The Labute approximate surface area is 188 Å². The van der Waals surface area contributed by atoms with E-state index in [1.54, 1.807) is 30.5 Å². The molecular formula is C23H20FN5O2S. The number of halogens is 1. The Bertz CT molecular complexity index is 1230.